The third-order valence-electron chi connectivity index (χ3n) is 5.86. The summed E-state index contributed by atoms with van der Waals surface area (Å²) in [6.45, 7) is 16.4. The first-order chi connectivity index (χ1) is 14.1. The van der Waals surface area contributed by atoms with Crippen molar-refractivity contribution in [3.63, 3.8) is 0 Å². The molecule has 2 aliphatic rings. The van der Waals surface area contributed by atoms with Gasteiger partial charge in [0, 0.05) is 55.8 Å². The molecule has 0 aromatic carbocycles. The van der Waals surface area contributed by atoms with Gasteiger partial charge in [-0.2, -0.15) is 0 Å². The first-order valence-corrected chi connectivity index (χ1v) is 11.5. The third-order valence-corrected chi connectivity index (χ3v) is 5.86. The maximum atomic E-state index is 5.61. The number of nitrogens with one attached hydrogen (secondary N) is 1. The average molecular weight is 402 g/mol. The predicted octanol–water partition coefficient (Wildman–Crippen LogP) is 3.86. The molecule has 2 saturated heterocycles. The Hall–Kier alpha value is -1.95. The van der Waals surface area contributed by atoms with Crippen LogP contribution in [0.1, 0.15) is 58.6 Å². The summed E-state index contributed by atoms with van der Waals surface area (Å²) in [7, 11) is 0. The number of ether oxygens (including phenoxy) is 1. The molecule has 1 aromatic heterocycles. The molecule has 1 aromatic rings. The highest BCUT2D eigenvalue weighted by Gasteiger charge is 2.22. The van der Waals surface area contributed by atoms with Gasteiger partial charge in [0.05, 0.1) is 13.2 Å². The lowest BCUT2D eigenvalue weighted by Crippen LogP contribution is -2.38. The molecule has 6 nitrogen and oxygen atoms in total. The molecule has 2 aliphatic heterocycles. The van der Waals surface area contributed by atoms with E-state index in [1.165, 1.54) is 25.0 Å². The fourth-order valence-corrected chi connectivity index (χ4v) is 4.01. The largest absolute Gasteiger partial charge is 0.383 e. The van der Waals surface area contributed by atoms with Gasteiger partial charge in [0.1, 0.15) is 5.82 Å². The minimum absolute atomic E-state index is 0.404. The summed E-state index contributed by atoms with van der Waals surface area (Å²) in [5.41, 5.74) is 2.22. The van der Waals surface area contributed by atoms with Gasteiger partial charge in [0.25, 0.3) is 0 Å². The van der Waals surface area contributed by atoms with Gasteiger partial charge in [-0.05, 0) is 39.0 Å². The minimum Gasteiger partial charge on any atom is -0.383 e. The van der Waals surface area contributed by atoms with Crippen LogP contribution in [-0.2, 0) is 11.2 Å². The molecule has 162 valence electrons. The van der Waals surface area contributed by atoms with Crippen molar-refractivity contribution in [2.45, 2.75) is 65.3 Å². The normalized spacial score (nSPS) is 19.3. The van der Waals surface area contributed by atoms with E-state index in [1.807, 2.05) is 0 Å². The van der Waals surface area contributed by atoms with Crippen LogP contribution in [0.25, 0.3) is 5.82 Å². The fraction of sp³-hybridized carbons (Fsp3) is 0.696. The molecule has 0 saturated carbocycles. The molecule has 3 heterocycles. The van der Waals surface area contributed by atoms with Gasteiger partial charge >= 0.3 is 0 Å². The van der Waals surface area contributed by atoms with Crippen molar-refractivity contribution in [1.82, 2.24) is 20.0 Å². The molecule has 0 bridgehead atoms. The number of aromatic nitrogens is 2. The molecule has 3 rings (SSSR count). The Morgan fingerprint density at radius 3 is 2.59 bits per heavy atom. The smallest absolute Gasteiger partial charge is 0.151 e. The maximum absolute atomic E-state index is 5.61. The highest BCUT2D eigenvalue weighted by molar-refractivity contribution is 5.53. The minimum atomic E-state index is 0.404. The number of morpholine rings is 1. The van der Waals surface area contributed by atoms with Crippen molar-refractivity contribution < 1.29 is 4.74 Å². The van der Waals surface area contributed by atoms with Gasteiger partial charge in [-0.15, -0.1) is 5.10 Å². The van der Waals surface area contributed by atoms with Crippen molar-refractivity contribution in [1.29, 1.82) is 0 Å². The van der Waals surface area contributed by atoms with E-state index in [0.717, 1.165) is 76.0 Å². The van der Waals surface area contributed by atoms with Gasteiger partial charge in [0.15, 0.2) is 5.82 Å². The number of nitrogens with zero attached hydrogens (tertiary/aromatic N) is 4. The van der Waals surface area contributed by atoms with E-state index >= 15 is 0 Å². The summed E-state index contributed by atoms with van der Waals surface area (Å²) in [6, 6.07) is 2.70. The zero-order valence-electron chi connectivity index (χ0n) is 18.6. The van der Waals surface area contributed by atoms with Gasteiger partial charge in [-0.1, -0.05) is 26.8 Å². The second-order valence-electron chi connectivity index (χ2n) is 8.28. The first kappa shape index (κ1) is 21.8. The van der Waals surface area contributed by atoms with Crippen LogP contribution in [0.2, 0.25) is 0 Å². The topological polar surface area (TPSA) is 45.6 Å². The molecule has 6 heteroatoms. The van der Waals surface area contributed by atoms with Crippen LogP contribution in [0, 0.1) is 0 Å². The van der Waals surface area contributed by atoms with Crippen LogP contribution in [0.3, 0.4) is 0 Å². The van der Waals surface area contributed by atoms with Crippen molar-refractivity contribution >= 4 is 11.6 Å². The summed E-state index contributed by atoms with van der Waals surface area (Å²) < 4.78 is 7.77. The lowest BCUT2D eigenvalue weighted by Gasteiger charge is -2.32. The molecule has 2 fully saturated rings. The van der Waals surface area contributed by atoms with E-state index in [2.05, 4.69) is 59.3 Å². The van der Waals surface area contributed by atoms with E-state index in [0.29, 0.717) is 6.04 Å². The van der Waals surface area contributed by atoms with Gasteiger partial charge in [-0.3, -0.25) is 0 Å². The quantitative estimate of drug-likeness (QED) is 0.637. The van der Waals surface area contributed by atoms with E-state index in [9.17, 15) is 0 Å². The average Bonchev–Trinajstić information content (AvgIpc) is 3.17. The number of hydrogen-bond donors (Lipinski definition) is 1. The molecular weight excluding hydrogens is 362 g/mol. The third kappa shape index (κ3) is 5.78. The summed E-state index contributed by atoms with van der Waals surface area (Å²) in [4.78, 5) is 4.83. The van der Waals surface area contributed by atoms with E-state index in [-0.39, 0.29) is 0 Å². The van der Waals surface area contributed by atoms with Crippen LogP contribution in [0.5, 0.6) is 0 Å². The molecule has 0 radical (unpaired) electrons. The second kappa shape index (κ2) is 10.7. The van der Waals surface area contributed by atoms with Crippen LogP contribution >= 0.6 is 0 Å². The van der Waals surface area contributed by atoms with Crippen molar-refractivity contribution in [3.8, 4) is 0 Å². The molecular formula is C23H39N5O. The van der Waals surface area contributed by atoms with E-state index in [4.69, 9.17) is 9.84 Å². The van der Waals surface area contributed by atoms with Crippen molar-refractivity contribution in [2.24, 2.45) is 0 Å². The highest BCUT2D eigenvalue weighted by atomic mass is 16.5. The Morgan fingerprint density at radius 2 is 1.93 bits per heavy atom. The Morgan fingerprint density at radius 1 is 1.21 bits per heavy atom. The molecule has 1 atom stereocenters. The maximum Gasteiger partial charge on any atom is 0.151 e. The molecule has 0 spiro atoms. The number of rotatable bonds is 9. The molecule has 0 aliphatic carbocycles. The second-order valence-corrected chi connectivity index (χ2v) is 8.28. The number of hydrogen-bond acceptors (Lipinski definition) is 5. The summed E-state index contributed by atoms with van der Waals surface area (Å²) in [5, 5.41) is 8.61. The standard InChI is InChI=1S/C23H39N5O/c1-5-10-21-18-22(26-11-8-7-9-12-26)25-28(21)23(27-13-15-29-16-14-27)17-20(4)24-19(3)6-2/h17-19,24H,4-16H2,1-3H3/b23-17-/t19-/m1/s1. The number of anilines is 1. The van der Waals surface area contributed by atoms with Crippen LogP contribution in [-0.4, -0.2) is 60.1 Å². The Balaban J connectivity index is 1.94. The Labute approximate surface area is 176 Å². The van der Waals surface area contributed by atoms with Gasteiger partial charge < -0.3 is 19.9 Å². The summed E-state index contributed by atoms with van der Waals surface area (Å²) in [5.74, 6) is 2.23. The Bertz CT molecular complexity index is 683. The first-order valence-electron chi connectivity index (χ1n) is 11.5. The zero-order valence-corrected chi connectivity index (χ0v) is 18.6. The van der Waals surface area contributed by atoms with Crippen LogP contribution < -0.4 is 10.2 Å². The number of aryl methyl sites for hydroxylation is 1. The molecule has 29 heavy (non-hydrogen) atoms. The molecule has 1 N–H and O–H groups in total. The fourth-order valence-electron chi connectivity index (χ4n) is 4.01. The monoisotopic (exact) mass is 401 g/mol. The van der Waals surface area contributed by atoms with Gasteiger partial charge in [0.2, 0.25) is 0 Å². The SMILES string of the molecule is C=C(/C=C(/N1CCOCC1)n1nc(N2CCCCC2)cc1CCC)N[C@H](C)CC. The zero-order chi connectivity index (χ0) is 20.6. The number of piperidine rings is 1. The van der Waals surface area contributed by atoms with E-state index in [1.54, 1.807) is 0 Å². The molecule has 0 unspecified atom stereocenters. The number of allylic oxidation sites excluding steroid dienone is 1. The summed E-state index contributed by atoms with van der Waals surface area (Å²) >= 11 is 0. The van der Waals surface area contributed by atoms with Crippen LogP contribution in [0.15, 0.2) is 24.4 Å². The van der Waals surface area contributed by atoms with Gasteiger partial charge in [-0.25, -0.2) is 4.68 Å². The lowest BCUT2D eigenvalue weighted by atomic mass is 10.1. The predicted molar refractivity (Wildman–Crippen MR) is 121 cm³/mol. The summed E-state index contributed by atoms with van der Waals surface area (Å²) in [6.07, 6.45) is 9.22. The Kier molecular flexibility index (Phi) is 8.04. The lowest BCUT2D eigenvalue weighted by molar-refractivity contribution is 0.0610. The highest BCUT2D eigenvalue weighted by Crippen LogP contribution is 2.25. The van der Waals surface area contributed by atoms with E-state index < -0.39 is 0 Å². The van der Waals surface area contributed by atoms with Crippen molar-refractivity contribution in [2.75, 3.05) is 44.3 Å². The van der Waals surface area contributed by atoms with Crippen molar-refractivity contribution in [3.05, 3.63) is 30.1 Å². The van der Waals surface area contributed by atoms with Crippen LogP contribution in [0.4, 0.5) is 5.82 Å². The molecule has 0 amide bonds.